The van der Waals surface area contributed by atoms with E-state index in [0.29, 0.717) is 18.0 Å². The second-order valence-corrected chi connectivity index (χ2v) is 7.40. The van der Waals surface area contributed by atoms with Gasteiger partial charge in [-0.1, -0.05) is 6.07 Å². The summed E-state index contributed by atoms with van der Waals surface area (Å²) in [6.07, 6.45) is 1.04. The Kier molecular flexibility index (Phi) is 6.35. The van der Waals surface area contributed by atoms with Gasteiger partial charge in [-0.15, -0.1) is 0 Å². The van der Waals surface area contributed by atoms with Crippen molar-refractivity contribution in [3.63, 3.8) is 0 Å². The summed E-state index contributed by atoms with van der Waals surface area (Å²) in [7, 11) is -3.44. The molecule has 0 aromatic heterocycles. The number of rotatable bonds is 7. The highest BCUT2D eigenvalue weighted by Gasteiger charge is 2.14. The van der Waals surface area contributed by atoms with Crippen LogP contribution < -0.4 is 10.1 Å². The summed E-state index contributed by atoms with van der Waals surface area (Å²) in [5.41, 5.74) is 0.593. The molecular weight excluding hydrogens is 358 g/mol. The second kappa shape index (κ2) is 8.48. The van der Waals surface area contributed by atoms with E-state index < -0.39 is 28.3 Å². The van der Waals surface area contributed by atoms with Crippen molar-refractivity contribution in [3.8, 4) is 5.75 Å². The quantitative estimate of drug-likeness (QED) is 0.743. The minimum Gasteiger partial charge on any atom is -0.494 e. The van der Waals surface area contributed by atoms with Crippen LogP contribution in [0.3, 0.4) is 0 Å². The number of hydrogen-bond donors (Lipinski definition) is 1. The van der Waals surface area contributed by atoms with Gasteiger partial charge < -0.3 is 14.8 Å². The van der Waals surface area contributed by atoms with Crippen LogP contribution in [0.15, 0.2) is 53.4 Å². The summed E-state index contributed by atoms with van der Waals surface area (Å²) in [5.74, 6) is -0.609. The minimum atomic E-state index is -3.44. The van der Waals surface area contributed by atoms with Crippen molar-refractivity contribution in [3.05, 3.63) is 54.1 Å². The molecule has 0 radical (unpaired) electrons. The topological polar surface area (TPSA) is 98.8 Å². The number of amides is 1. The largest absolute Gasteiger partial charge is 0.494 e. The first-order chi connectivity index (χ1) is 12.3. The number of anilines is 1. The second-order valence-electron chi connectivity index (χ2n) is 5.38. The molecule has 0 bridgehead atoms. The Morgan fingerprint density at radius 3 is 2.38 bits per heavy atom. The zero-order valence-electron chi connectivity index (χ0n) is 14.4. The molecule has 138 valence electrons. The van der Waals surface area contributed by atoms with Gasteiger partial charge in [0.05, 0.1) is 17.1 Å². The summed E-state index contributed by atoms with van der Waals surface area (Å²) in [5, 5.41) is 2.59. The van der Waals surface area contributed by atoms with E-state index in [2.05, 4.69) is 5.32 Å². The lowest BCUT2D eigenvalue weighted by Crippen LogP contribution is -2.21. The Hall–Kier alpha value is -2.87. The maximum absolute atomic E-state index is 12.0. The van der Waals surface area contributed by atoms with Crippen LogP contribution in [0.2, 0.25) is 0 Å². The zero-order chi connectivity index (χ0) is 19.2. The van der Waals surface area contributed by atoms with Gasteiger partial charge in [0.1, 0.15) is 5.75 Å². The molecule has 26 heavy (non-hydrogen) atoms. The highest BCUT2D eigenvalue weighted by molar-refractivity contribution is 7.90. The van der Waals surface area contributed by atoms with Crippen molar-refractivity contribution in [2.45, 2.75) is 11.8 Å². The number of nitrogens with one attached hydrogen (secondary N) is 1. The van der Waals surface area contributed by atoms with Gasteiger partial charge in [-0.3, -0.25) is 4.79 Å². The van der Waals surface area contributed by atoms with E-state index in [4.69, 9.17) is 9.47 Å². The van der Waals surface area contributed by atoms with Gasteiger partial charge in [0.25, 0.3) is 5.91 Å². The average molecular weight is 377 g/mol. The van der Waals surface area contributed by atoms with Crippen LogP contribution in [0, 0.1) is 0 Å². The molecule has 0 saturated carbocycles. The van der Waals surface area contributed by atoms with Crippen LogP contribution in [-0.2, 0) is 19.4 Å². The Morgan fingerprint density at radius 1 is 1.08 bits per heavy atom. The van der Waals surface area contributed by atoms with Crippen LogP contribution in [0.5, 0.6) is 5.75 Å². The molecule has 2 aromatic rings. The third-order valence-electron chi connectivity index (χ3n) is 3.28. The lowest BCUT2D eigenvalue weighted by atomic mass is 10.2. The Bertz CT molecular complexity index is 890. The van der Waals surface area contributed by atoms with E-state index in [1.54, 1.807) is 24.3 Å². The van der Waals surface area contributed by atoms with Crippen LogP contribution in [0.1, 0.15) is 17.3 Å². The lowest BCUT2D eigenvalue weighted by Gasteiger charge is -2.08. The van der Waals surface area contributed by atoms with E-state index in [0.717, 1.165) is 6.26 Å². The highest BCUT2D eigenvalue weighted by atomic mass is 32.2. The third-order valence-corrected chi connectivity index (χ3v) is 4.39. The fraction of sp³-hybridized carbons (Fsp3) is 0.222. The maximum atomic E-state index is 12.0. The zero-order valence-corrected chi connectivity index (χ0v) is 15.2. The van der Waals surface area contributed by atoms with Gasteiger partial charge in [-0.25, -0.2) is 13.2 Å². The van der Waals surface area contributed by atoms with Crippen LogP contribution in [0.4, 0.5) is 5.69 Å². The van der Waals surface area contributed by atoms with Crippen LogP contribution in [-0.4, -0.2) is 39.8 Å². The number of carbonyl (C=O) groups excluding carboxylic acids is 2. The van der Waals surface area contributed by atoms with Gasteiger partial charge in [0.2, 0.25) is 0 Å². The predicted octanol–water partition coefficient (Wildman–Crippen LogP) is 2.28. The van der Waals surface area contributed by atoms with Crippen LogP contribution in [0.25, 0.3) is 0 Å². The van der Waals surface area contributed by atoms with E-state index in [9.17, 15) is 18.0 Å². The highest BCUT2D eigenvalue weighted by Crippen LogP contribution is 2.16. The first kappa shape index (κ1) is 19.5. The Balaban J connectivity index is 1.91. The van der Waals surface area contributed by atoms with Gasteiger partial charge in [0.15, 0.2) is 16.4 Å². The summed E-state index contributed by atoms with van der Waals surface area (Å²) in [4.78, 5) is 23.9. The lowest BCUT2D eigenvalue weighted by molar-refractivity contribution is -0.119. The van der Waals surface area contributed by atoms with E-state index in [1.807, 2.05) is 6.92 Å². The molecule has 1 N–H and O–H groups in total. The smallest absolute Gasteiger partial charge is 0.338 e. The van der Waals surface area contributed by atoms with Crippen molar-refractivity contribution < 1.29 is 27.5 Å². The number of sulfone groups is 1. The molecule has 0 unspecified atom stereocenters. The third kappa shape index (κ3) is 5.59. The summed E-state index contributed by atoms with van der Waals surface area (Å²) < 4.78 is 33.3. The summed E-state index contributed by atoms with van der Waals surface area (Å²) >= 11 is 0. The molecule has 0 saturated heterocycles. The summed E-state index contributed by atoms with van der Waals surface area (Å²) in [6, 6.07) is 12.2. The molecule has 2 aromatic carbocycles. The standard InChI is InChI=1S/C18H19NO6S/c1-3-24-15-9-7-14(8-10-15)19-17(20)12-25-18(21)13-5-4-6-16(11-13)26(2,22)23/h4-11H,3,12H2,1-2H3,(H,19,20). The minimum absolute atomic E-state index is 0.00536. The average Bonchev–Trinajstić information content (AvgIpc) is 2.61. The Morgan fingerprint density at radius 2 is 1.77 bits per heavy atom. The molecular formula is C18H19NO6S. The van der Waals surface area contributed by atoms with Crippen molar-refractivity contribution in [1.82, 2.24) is 0 Å². The monoisotopic (exact) mass is 377 g/mol. The molecule has 0 heterocycles. The van der Waals surface area contributed by atoms with Crippen molar-refractivity contribution in [2.24, 2.45) is 0 Å². The van der Waals surface area contributed by atoms with Gasteiger partial charge in [-0.2, -0.15) is 0 Å². The molecule has 0 spiro atoms. The number of carbonyl (C=O) groups is 2. The SMILES string of the molecule is CCOc1ccc(NC(=O)COC(=O)c2cccc(S(C)(=O)=O)c2)cc1. The van der Waals surface area contributed by atoms with Crippen molar-refractivity contribution in [1.29, 1.82) is 0 Å². The molecule has 0 aliphatic rings. The first-order valence-corrected chi connectivity index (χ1v) is 9.68. The van der Waals surface area contributed by atoms with Crippen LogP contribution >= 0.6 is 0 Å². The number of ether oxygens (including phenoxy) is 2. The fourth-order valence-corrected chi connectivity index (χ4v) is 2.73. The molecule has 0 fully saturated rings. The van der Waals surface area contributed by atoms with Gasteiger partial charge >= 0.3 is 5.97 Å². The first-order valence-electron chi connectivity index (χ1n) is 7.79. The number of hydrogen-bond acceptors (Lipinski definition) is 6. The van der Waals surface area contributed by atoms with E-state index in [-0.39, 0.29) is 10.5 Å². The van der Waals surface area contributed by atoms with Crippen molar-refractivity contribution in [2.75, 3.05) is 24.8 Å². The number of benzene rings is 2. The molecule has 7 nitrogen and oxygen atoms in total. The van der Waals surface area contributed by atoms with Gasteiger partial charge in [-0.05, 0) is 49.4 Å². The maximum Gasteiger partial charge on any atom is 0.338 e. The van der Waals surface area contributed by atoms with Gasteiger partial charge in [0, 0.05) is 11.9 Å². The normalized spacial score (nSPS) is 10.8. The fourth-order valence-electron chi connectivity index (χ4n) is 2.07. The summed E-state index contributed by atoms with van der Waals surface area (Å²) in [6.45, 7) is 1.92. The van der Waals surface area contributed by atoms with E-state index in [1.165, 1.54) is 24.3 Å². The molecule has 0 aliphatic heterocycles. The molecule has 8 heteroatoms. The molecule has 1 amide bonds. The number of esters is 1. The molecule has 0 aliphatic carbocycles. The Labute approximate surface area is 151 Å². The molecule has 0 atom stereocenters. The molecule has 2 rings (SSSR count). The van der Waals surface area contributed by atoms with E-state index >= 15 is 0 Å². The predicted molar refractivity (Wildman–Crippen MR) is 96.1 cm³/mol. The van der Waals surface area contributed by atoms with Crippen molar-refractivity contribution >= 4 is 27.4 Å².